The van der Waals surface area contributed by atoms with E-state index in [2.05, 4.69) is 26.1 Å². The molecule has 1 aliphatic rings. The fourth-order valence-electron chi connectivity index (χ4n) is 1.99. The molecule has 0 saturated carbocycles. The number of piperidine rings is 1. The van der Waals surface area contributed by atoms with Crippen LogP contribution in [0.2, 0.25) is 0 Å². The first kappa shape index (κ1) is 12.5. The van der Waals surface area contributed by atoms with Gasteiger partial charge < -0.3 is 10.2 Å². The molecule has 15 heavy (non-hydrogen) atoms. The molecule has 1 aliphatic heterocycles. The molecule has 0 aromatic carbocycles. The molecule has 0 aromatic heterocycles. The summed E-state index contributed by atoms with van der Waals surface area (Å²) in [6.07, 6.45) is 3.31. The van der Waals surface area contributed by atoms with Gasteiger partial charge in [-0.3, -0.25) is 4.79 Å². The van der Waals surface area contributed by atoms with Gasteiger partial charge in [-0.25, -0.2) is 0 Å². The van der Waals surface area contributed by atoms with Crippen LogP contribution in [-0.2, 0) is 4.79 Å². The Hall–Kier alpha value is -0.570. The van der Waals surface area contributed by atoms with Crippen molar-refractivity contribution in [1.29, 1.82) is 0 Å². The van der Waals surface area contributed by atoms with E-state index in [4.69, 9.17) is 0 Å². The van der Waals surface area contributed by atoms with Crippen molar-refractivity contribution in [2.24, 2.45) is 0 Å². The predicted octanol–water partition coefficient (Wildman–Crippen LogP) is 1.78. The zero-order chi connectivity index (χ0) is 11.5. The molecule has 0 bridgehead atoms. The quantitative estimate of drug-likeness (QED) is 0.773. The second-order valence-electron chi connectivity index (χ2n) is 5.16. The third-order valence-corrected chi connectivity index (χ3v) is 3.42. The van der Waals surface area contributed by atoms with Gasteiger partial charge in [0.15, 0.2) is 0 Å². The Balaban J connectivity index is 2.35. The van der Waals surface area contributed by atoms with Gasteiger partial charge in [0, 0.05) is 31.6 Å². The van der Waals surface area contributed by atoms with Crippen molar-refractivity contribution in [2.45, 2.75) is 58.5 Å². The van der Waals surface area contributed by atoms with Crippen LogP contribution in [-0.4, -0.2) is 35.5 Å². The second kappa shape index (κ2) is 4.97. The Kier molecular flexibility index (Phi) is 4.14. The summed E-state index contributed by atoms with van der Waals surface area (Å²) < 4.78 is 0. The molecule has 1 rings (SSSR count). The summed E-state index contributed by atoms with van der Waals surface area (Å²) in [6, 6.07) is 0.579. The zero-order valence-electron chi connectivity index (χ0n) is 10.5. The SMILES string of the molecule is CCC(C)(C)NC1CCN(C(C)=O)CC1. The van der Waals surface area contributed by atoms with E-state index in [9.17, 15) is 4.79 Å². The maximum absolute atomic E-state index is 11.2. The summed E-state index contributed by atoms with van der Waals surface area (Å²) in [5.74, 6) is 0.211. The highest BCUT2D eigenvalue weighted by molar-refractivity contribution is 5.73. The topological polar surface area (TPSA) is 32.3 Å². The molecule has 0 aromatic rings. The van der Waals surface area contributed by atoms with Crippen LogP contribution < -0.4 is 5.32 Å². The number of hydrogen-bond donors (Lipinski definition) is 1. The first-order chi connectivity index (χ1) is 6.94. The van der Waals surface area contributed by atoms with Crippen molar-refractivity contribution in [2.75, 3.05) is 13.1 Å². The van der Waals surface area contributed by atoms with Crippen molar-refractivity contribution in [3.63, 3.8) is 0 Å². The summed E-state index contributed by atoms with van der Waals surface area (Å²) in [5.41, 5.74) is 0.225. The standard InChI is InChI=1S/C12H24N2O/c1-5-12(3,4)13-11-6-8-14(9-7-11)10(2)15/h11,13H,5-9H2,1-4H3. The van der Waals surface area contributed by atoms with E-state index in [1.807, 2.05) is 4.90 Å². The van der Waals surface area contributed by atoms with Crippen molar-refractivity contribution in [1.82, 2.24) is 10.2 Å². The molecule has 3 heteroatoms. The summed E-state index contributed by atoms with van der Waals surface area (Å²) in [6.45, 7) is 10.2. The lowest BCUT2D eigenvalue weighted by molar-refractivity contribution is -0.129. The Morgan fingerprint density at radius 3 is 2.33 bits per heavy atom. The van der Waals surface area contributed by atoms with Gasteiger partial charge in [0.2, 0.25) is 5.91 Å². The summed E-state index contributed by atoms with van der Waals surface area (Å²) in [7, 11) is 0. The number of carbonyl (C=O) groups is 1. The van der Waals surface area contributed by atoms with Crippen LogP contribution in [0.15, 0.2) is 0 Å². The van der Waals surface area contributed by atoms with Crippen LogP contribution in [0.4, 0.5) is 0 Å². The minimum Gasteiger partial charge on any atom is -0.343 e. The minimum absolute atomic E-state index is 0.211. The van der Waals surface area contributed by atoms with Gasteiger partial charge in [0.05, 0.1) is 0 Å². The lowest BCUT2D eigenvalue weighted by Crippen LogP contribution is -2.51. The number of carbonyl (C=O) groups excluding carboxylic acids is 1. The summed E-state index contributed by atoms with van der Waals surface area (Å²) in [4.78, 5) is 13.1. The van der Waals surface area contributed by atoms with Gasteiger partial charge in [-0.15, -0.1) is 0 Å². The van der Waals surface area contributed by atoms with E-state index in [0.29, 0.717) is 6.04 Å². The number of amides is 1. The van der Waals surface area contributed by atoms with E-state index in [0.717, 1.165) is 32.4 Å². The number of likely N-dealkylation sites (tertiary alicyclic amines) is 1. The lowest BCUT2D eigenvalue weighted by atomic mass is 9.96. The fourth-order valence-corrected chi connectivity index (χ4v) is 1.99. The molecule has 0 aliphatic carbocycles. The van der Waals surface area contributed by atoms with E-state index < -0.39 is 0 Å². The summed E-state index contributed by atoms with van der Waals surface area (Å²) >= 11 is 0. The monoisotopic (exact) mass is 212 g/mol. The second-order valence-corrected chi connectivity index (χ2v) is 5.16. The Labute approximate surface area is 93.2 Å². The fraction of sp³-hybridized carbons (Fsp3) is 0.917. The molecule has 0 unspecified atom stereocenters. The van der Waals surface area contributed by atoms with Crippen LogP contribution in [0.1, 0.15) is 47.0 Å². The third kappa shape index (κ3) is 3.82. The van der Waals surface area contributed by atoms with Crippen molar-refractivity contribution in [3.8, 4) is 0 Å². The highest BCUT2D eigenvalue weighted by atomic mass is 16.2. The third-order valence-electron chi connectivity index (χ3n) is 3.42. The Bertz CT molecular complexity index is 218. The maximum atomic E-state index is 11.2. The van der Waals surface area contributed by atoms with E-state index in [1.165, 1.54) is 0 Å². The number of hydrogen-bond acceptors (Lipinski definition) is 2. The van der Waals surface area contributed by atoms with Crippen molar-refractivity contribution >= 4 is 5.91 Å². The average molecular weight is 212 g/mol. The molecule has 0 radical (unpaired) electrons. The highest BCUT2D eigenvalue weighted by Gasteiger charge is 2.25. The van der Waals surface area contributed by atoms with Crippen molar-refractivity contribution in [3.05, 3.63) is 0 Å². The highest BCUT2D eigenvalue weighted by Crippen LogP contribution is 2.16. The first-order valence-corrected chi connectivity index (χ1v) is 5.98. The first-order valence-electron chi connectivity index (χ1n) is 5.98. The lowest BCUT2D eigenvalue weighted by Gasteiger charge is -2.37. The van der Waals surface area contributed by atoms with Gasteiger partial charge in [0.1, 0.15) is 0 Å². The molecular weight excluding hydrogens is 188 g/mol. The maximum Gasteiger partial charge on any atom is 0.219 e. The molecule has 88 valence electrons. The molecule has 3 nitrogen and oxygen atoms in total. The molecule has 0 spiro atoms. The van der Waals surface area contributed by atoms with Crippen LogP contribution >= 0.6 is 0 Å². The van der Waals surface area contributed by atoms with Crippen LogP contribution in [0.25, 0.3) is 0 Å². The predicted molar refractivity (Wildman–Crippen MR) is 62.8 cm³/mol. The van der Waals surface area contributed by atoms with E-state index in [-0.39, 0.29) is 11.4 Å². The molecule has 0 atom stereocenters. The van der Waals surface area contributed by atoms with E-state index >= 15 is 0 Å². The zero-order valence-corrected chi connectivity index (χ0v) is 10.5. The largest absolute Gasteiger partial charge is 0.343 e. The smallest absolute Gasteiger partial charge is 0.219 e. The Morgan fingerprint density at radius 2 is 1.93 bits per heavy atom. The molecule has 1 N–H and O–H groups in total. The van der Waals surface area contributed by atoms with Crippen LogP contribution in [0.3, 0.4) is 0 Å². The number of rotatable bonds is 3. The molecule has 1 heterocycles. The van der Waals surface area contributed by atoms with Gasteiger partial charge in [0.25, 0.3) is 0 Å². The van der Waals surface area contributed by atoms with Crippen molar-refractivity contribution < 1.29 is 4.79 Å². The van der Waals surface area contributed by atoms with Gasteiger partial charge in [-0.2, -0.15) is 0 Å². The van der Waals surface area contributed by atoms with Gasteiger partial charge >= 0.3 is 0 Å². The average Bonchev–Trinajstić information content (AvgIpc) is 2.18. The van der Waals surface area contributed by atoms with Crippen LogP contribution in [0.5, 0.6) is 0 Å². The van der Waals surface area contributed by atoms with Gasteiger partial charge in [-0.05, 0) is 33.1 Å². The number of nitrogens with zero attached hydrogens (tertiary/aromatic N) is 1. The molecular formula is C12H24N2O. The Morgan fingerprint density at radius 1 is 1.40 bits per heavy atom. The molecule has 1 amide bonds. The van der Waals surface area contributed by atoms with E-state index in [1.54, 1.807) is 6.92 Å². The molecule has 1 fully saturated rings. The van der Waals surface area contributed by atoms with Gasteiger partial charge in [-0.1, -0.05) is 6.92 Å². The van der Waals surface area contributed by atoms with Crippen LogP contribution in [0, 0.1) is 0 Å². The minimum atomic E-state index is 0.211. The molecule has 1 saturated heterocycles. The normalized spacial score (nSPS) is 19.3. The summed E-state index contributed by atoms with van der Waals surface area (Å²) in [5, 5.41) is 3.67. The number of nitrogens with one attached hydrogen (secondary N) is 1.